The zero-order valence-corrected chi connectivity index (χ0v) is 9.95. The molecule has 0 aliphatic heterocycles. The minimum absolute atomic E-state index is 0.348. The molecule has 17 heavy (non-hydrogen) atoms. The maximum atomic E-state index is 11.7. The molecular weight excluding hydrogens is 216 g/mol. The van der Waals surface area contributed by atoms with Crippen LogP contribution in [0.1, 0.15) is 19.4 Å². The van der Waals surface area contributed by atoms with Crippen LogP contribution in [0, 0.1) is 5.21 Å². The molecule has 4 heteroatoms. The first kappa shape index (κ1) is 13.0. The van der Waals surface area contributed by atoms with Crippen molar-refractivity contribution in [2.45, 2.75) is 19.9 Å². The highest BCUT2D eigenvalue weighted by molar-refractivity contribution is 6.03. The molecule has 0 bridgehead atoms. The molecule has 0 spiro atoms. The molecule has 1 unspecified atom stereocenters. The molecule has 0 heterocycles. The third kappa shape index (κ3) is 3.45. The fraction of sp³-hybridized carbons (Fsp3) is 0.231. The van der Waals surface area contributed by atoms with E-state index in [0.717, 1.165) is 10.3 Å². The van der Waals surface area contributed by atoms with Gasteiger partial charge in [-0.25, -0.2) is 4.74 Å². The van der Waals surface area contributed by atoms with Gasteiger partial charge in [-0.1, -0.05) is 41.6 Å². The zero-order valence-electron chi connectivity index (χ0n) is 9.95. The van der Waals surface area contributed by atoms with Gasteiger partial charge in [-0.2, -0.15) is 0 Å². The number of oxime groups is 1. The molecule has 90 valence electrons. The van der Waals surface area contributed by atoms with Crippen LogP contribution in [0.5, 0.6) is 0 Å². The summed E-state index contributed by atoms with van der Waals surface area (Å²) in [5.41, 5.74) is 1.08. The van der Waals surface area contributed by atoms with Gasteiger partial charge in [-0.3, -0.25) is 0 Å². The van der Waals surface area contributed by atoms with E-state index in [0.29, 0.717) is 5.71 Å². The Labute approximate surface area is 101 Å². The van der Waals surface area contributed by atoms with Crippen molar-refractivity contribution >= 4 is 11.9 Å². The van der Waals surface area contributed by atoms with E-state index in [1.54, 1.807) is 31.2 Å². The lowest BCUT2D eigenvalue weighted by molar-refractivity contribution is -0.471. The van der Waals surface area contributed by atoms with E-state index in [9.17, 15) is 5.21 Å². The Kier molecular flexibility index (Phi) is 4.94. The fourth-order valence-electron chi connectivity index (χ4n) is 1.41. The Hall–Kier alpha value is -2.10. The predicted molar refractivity (Wildman–Crippen MR) is 68.7 cm³/mol. The third-order valence-electron chi connectivity index (χ3n) is 2.38. The maximum absolute atomic E-state index is 11.7. The van der Waals surface area contributed by atoms with Gasteiger partial charge in [0.05, 0.1) is 0 Å². The number of rotatable bonds is 4. The lowest BCUT2D eigenvalue weighted by Gasteiger charge is -2.13. The Balaban J connectivity index is 2.97. The van der Waals surface area contributed by atoms with Crippen molar-refractivity contribution in [3.05, 3.63) is 53.3 Å². The van der Waals surface area contributed by atoms with Gasteiger partial charge < -0.3 is 10.4 Å². The molecule has 1 N–H and O–H groups in total. The Morgan fingerprint density at radius 1 is 1.41 bits per heavy atom. The number of hydrogen-bond donors (Lipinski definition) is 1. The molecule has 0 saturated heterocycles. The van der Waals surface area contributed by atoms with Gasteiger partial charge in [-0.05, 0) is 13.0 Å². The van der Waals surface area contributed by atoms with E-state index in [1.807, 2.05) is 25.1 Å². The van der Waals surface area contributed by atoms with Crippen molar-refractivity contribution in [1.29, 1.82) is 0 Å². The van der Waals surface area contributed by atoms with Gasteiger partial charge in [0.2, 0.25) is 6.04 Å². The van der Waals surface area contributed by atoms with Crippen LogP contribution in [-0.2, 0) is 0 Å². The Morgan fingerprint density at radius 2 is 2.06 bits per heavy atom. The van der Waals surface area contributed by atoms with Crippen LogP contribution in [0.15, 0.2) is 47.6 Å². The molecule has 1 rings (SSSR count). The van der Waals surface area contributed by atoms with Crippen molar-refractivity contribution in [3.63, 3.8) is 0 Å². The van der Waals surface area contributed by atoms with Crippen molar-refractivity contribution < 1.29 is 9.95 Å². The summed E-state index contributed by atoms with van der Waals surface area (Å²) in [6.07, 6.45) is 4.80. The van der Waals surface area contributed by atoms with Crippen LogP contribution in [0.2, 0.25) is 0 Å². The SMILES string of the molecule is C/C=C/C=[N+](\[O-])C(C)/C(=N/O)c1ccccc1. The summed E-state index contributed by atoms with van der Waals surface area (Å²) in [7, 11) is 0. The molecule has 4 nitrogen and oxygen atoms in total. The van der Waals surface area contributed by atoms with Crippen LogP contribution in [0.3, 0.4) is 0 Å². The molecule has 0 fully saturated rings. The van der Waals surface area contributed by atoms with Crippen LogP contribution >= 0.6 is 0 Å². The van der Waals surface area contributed by atoms with Gasteiger partial charge >= 0.3 is 0 Å². The first-order valence-corrected chi connectivity index (χ1v) is 5.39. The summed E-state index contributed by atoms with van der Waals surface area (Å²) < 4.78 is 0.752. The highest BCUT2D eigenvalue weighted by Crippen LogP contribution is 2.06. The third-order valence-corrected chi connectivity index (χ3v) is 2.38. The topological polar surface area (TPSA) is 58.7 Å². The van der Waals surface area contributed by atoms with Gasteiger partial charge in [0.1, 0.15) is 0 Å². The zero-order chi connectivity index (χ0) is 12.7. The number of benzene rings is 1. The van der Waals surface area contributed by atoms with Crippen molar-refractivity contribution in [2.24, 2.45) is 5.16 Å². The fourth-order valence-corrected chi connectivity index (χ4v) is 1.41. The standard InChI is InChI=1S/C13H16N2O2/c1-3-4-10-15(17)11(2)13(14-16)12-8-6-5-7-9-12/h3-11,16H,1-2H3/b4-3+,14-13-,15-10-. The smallest absolute Gasteiger partial charge is 0.206 e. The van der Waals surface area contributed by atoms with Gasteiger partial charge in [0, 0.05) is 12.5 Å². The lowest BCUT2D eigenvalue weighted by atomic mass is 10.1. The average molecular weight is 232 g/mol. The summed E-state index contributed by atoms with van der Waals surface area (Å²) in [6, 6.07) is 8.59. The van der Waals surface area contributed by atoms with Crippen molar-refractivity contribution in [3.8, 4) is 0 Å². The van der Waals surface area contributed by atoms with Crippen LogP contribution < -0.4 is 0 Å². The number of hydroxylamine groups is 1. The van der Waals surface area contributed by atoms with Gasteiger partial charge in [0.15, 0.2) is 11.9 Å². The Morgan fingerprint density at radius 3 is 2.59 bits per heavy atom. The summed E-state index contributed by atoms with van der Waals surface area (Å²) in [6.45, 7) is 3.52. The maximum Gasteiger partial charge on any atom is 0.206 e. The summed E-state index contributed by atoms with van der Waals surface area (Å²) in [5, 5.41) is 23.9. The molecular formula is C13H16N2O2. The molecule has 0 radical (unpaired) electrons. The molecule has 0 aromatic heterocycles. The molecule has 0 aliphatic carbocycles. The van der Waals surface area contributed by atoms with E-state index in [2.05, 4.69) is 5.16 Å². The summed E-state index contributed by atoms with van der Waals surface area (Å²) in [4.78, 5) is 0. The first-order chi connectivity index (χ1) is 8.20. The molecule has 1 aromatic rings. The second kappa shape index (κ2) is 6.48. The van der Waals surface area contributed by atoms with Gasteiger partial charge in [0.25, 0.3) is 0 Å². The average Bonchev–Trinajstić information content (AvgIpc) is 2.38. The largest absolute Gasteiger partial charge is 0.623 e. The predicted octanol–water partition coefficient (Wildman–Crippen LogP) is 2.41. The molecule has 1 atom stereocenters. The van der Waals surface area contributed by atoms with Gasteiger partial charge in [-0.15, -0.1) is 0 Å². The van der Waals surface area contributed by atoms with E-state index in [-0.39, 0.29) is 0 Å². The number of nitrogens with zero attached hydrogens (tertiary/aromatic N) is 2. The minimum atomic E-state index is -0.543. The number of hydrogen-bond acceptors (Lipinski definition) is 3. The van der Waals surface area contributed by atoms with E-state index < -0.39 is 6.04 Å². The molecule has 0 saturated carbocycles. The van der Waals surface area contributed by atoms with Crippen LogP contribution in [0.4, 0.5) is 0 Å². The highest BCUT2D eigenvalue weighted by atomic mass is 16.5. The van der Waals surface area contributed by atoms with Crippen LogP contribution in [-0.4, -0.2) is 27.9 Å². The molecule has 0 aliphatic rings. The van der Waals surface area contributed by atoms with E-state index in [1.165, 1.54) is 6.21 Å². The second-order valence-corrected chi connectivity index (χ2v) is 3.56. The molecule has 1 aromatic carbocycles. The highest BCUT2D eigenvalue weighted by Gasteiger charge is 2.19. The summed E-state index contributed by atoms with van der Waals surface area (Å²) in [5.74, 6) is 0. The normalized spacial score (nSPS) is 15.2. The van der Waals surface area contributed by atoms with Crippen LogP contribution in [0.25, 0.3) is 0 Å². The minimum Gasteiger partial charge on any atom is -0.623 e. The quantitative estimate of drug-likeness (QED) is 0.285. The monoisotopic (exact) mass is 232 g/mol. The lowest BCUT2D eigenvalue weighted by Crippen LogP contribution is -2.29. The number of allylic oxidation sites excluding steroid dienone is 2. The van der Waals surface area contributed by atoms with Crippen molar-refractivity contribution in [1.82, 2.24) is 0 Å². The van der Waals surface area contributed by atoms with Crippen molar-refractivity contribution in [2.75, 3.05) is 0 Å². The first-order valence-electron chi connectivity index (χ1n) is 5.39. The molecule has 0 amide bonds. The second-order valence-electron chi connectivity index (χ2n) is 3.56. The van der Waals surface area contributed by atoms with E-state index >= 15 is 0 Å². The summed E-state index contributed by atoms with van der Waals surface area (Å²) >= 11 is 0. The Bertz CT molecular complexity index is 436. The van der Waals surface area contributed by atoms with E-state index in [4.69, 9.17) is 5.21 Å².